The van der Waals surface area contributed by atoms with Crippen molar-refractivity contribution in [3.63, 3.8) is 0 Å². The van der Waals surface area contributed by atoms with Crippen molar-refractivity contribution in [2.75, 3.05) is 37.6 Å². The Morgan fingerprint density at radius 2 is 1.75 bits per heavy atom. The van der Waals surface area contributed by atoms with Crippen molar-refractivity contribution in [2.24, 2.45) is 0 Å². The highest BCUT2D eigenvalue weighted by atomic mass is 15.3. The van der Waals surface area contributed by atoms with Gasteiger partial charge in [0, 0.05) is 44.8 Å². The third kappa shape index (κ3) is 2.77. The maximum Gasteiger partial charge on any atom is 0.0367 e. The van der Waals surface area contributed by atoms with E-state index in [-0.39, 0.29) is 0 Å². The molecule has 0 N–H and O–H groups in total. The molecule has 1 aromatic rings. The second-order valence-corrected chi connectivity index (χ2v) is 4.12. The van der Waals surface area contributed by atoms with Crippen LogP contribution in [0.1, 0.15) is 6.42 Å². The molecule has 0 radical (unpaired) electrons. The number of rotatable bonds is 3. The van der Waals surface area contributed by atoms with Crippen LogP contribution in [0.15, 0.2) is 30.3 Å². The molecule has 1 aliphatic rings. The molecule has 84 valence electrons. The number of piperazine rings is 1. The third-order valence-electron chi connectivity index (χ3n) is 3.07. The van der Waals surface area contributed by atoms with Crippen molar-refractivity contribution in [3.05, 3.63) is 30.3 Å². The third-order valence-corrected chi connectivity index (χ3v) is 3.07. The largest absolute Gasteiger partial charge is 0.369 e. The maximum absolute atomic E-state index is 5.28. The van der Waals surface area contributed by atoms with Crippen LogP contribution < -0.4 is 4.90 Å². The van der Waals surface area contributed by atoms with Gasteiger partial charge in [-0.2, -0.15) is 0 Å². The molecular formula is C14H18N2. The van der Waals surface area contributed by atoms with E-state index >= 15 is 0 Å². The van der Waals surface area contributed by atoms with Gasteiger partial charge in [-0.15, -0.1) is 12.3 Å². The molecule has 1 fully saturated rings. The Labute approximate surface area is 97.9 Å². The second kappa shape index (κ2) is 5.58. The van der Waals surface area contributed by atoms with Gasteiger partial charge in [-0.05, 0) is 12.1 Å². The van der Waals surface area contributed by atoms with Gasteiger partial charge >= 0.3 is 0 Å². The number of terminal acetylenes is 1. The summed E-state index contributed by atoms with van der Waals surface area (Å²) in [5.74, 6) is 2.70. The lowest BCUT2D eigenvalue weighted by atomic mass is 10.2. The fraction of sp³-hybridized carbons (Fsp3) is 0.429. The van der Waals surface area contributed by atoms with Crippen molar-refractivity contribution in [1.29, 1.82) is 0 Å². The van der Waals surface area contributed by atoms with Gasteiger partial charge in [-0.3, -0.25) is 4.90 Å². The molecule has 0 saturated carbocycles. The molecule has 1 aliphatic heterocycles. The van der Waals surface area contributed by atoms with Crippen molar-refractivity contribution in [1.82, 2.24) is 4.90 Å². The molecule has 0 spiro atoms. The summed E-state index contributed by atoms with van der Waals surface area (Å²) >= 11 is 0. The molecule has 0 amide bonds. The van der Waals surface area contributed by atoms with Gasteiger partial charge in [0.25, 0.3) is 0 Å². The molecule has 2 rings (SSSR count). The van der Waals surface area contributed by atoms with Gasteiger partial charge in [-0.25, -0.2) is 0 Å². The van der Waals surface area contributed by atoms with E-state index in [9.17, 15) is 0 Å². The first kappa shape index (κ1) is 11.0. The summed E-state index contributed by atoms with van der Waals surface area (Å²) < 4.78 is 0. The Morgan fingerprint density at radius 3 is 2.38 bits per heavy atom. The Morgan fingerprint density at radius 1 is 1.06 bits per heavy atom. The molecule has 0 bridgehead atoms. The lowest BCUT2D eigenvalue weighted by molar-refractivity contribution is 0.264. The van der Waals surface area contributed by atoms with Crippen LogP contribution in [0.2, 0.25) is 0 Å². The monoisotopic (exact) mass is 214 g/mol. The van der Waals surface area contributed by atoms with E-state index in [1.54, 1.807) is 0 Å². The molecule has 0 aliphatic carbocycles. The van der Waals surface area contributed by atoms with Crippen molar-refractivity contribution < 1.29 is 0 Å². The van der Waals surface area contributed by atoms with Crippen LogP contribution >= 0.6 is 0 Å². The first-order valence-corrected chi connectivity index (χ1v) is 5.86. The molecule has 0 atom stereocenters. The van der Waals surface area contributed by atoms with Crippen LogP contribution in [0.4, 0.5) is 5.69 Å². The predicted molar refractivity (Wildman–Crippen MR) is 68.5 cm³/mol. The van der Waals surface area contributed by atoms with Crippen LogP contribution in [0.3, 0.4) is 0 Å². The average Bonchev–Trinajstić information content (AvgIpc) is 2.38. The number of nitrogens with zero attached hydrogens (tertiary/aromatic N) is 2. The lowest BCUT2D eigenvalue weighted by Crippen LogP contribution is -2.46. The highest BCUT2D eigenvalue weighted by molar-refractivity contribution is 5.46. The van der Waals surface area contributed by atoms with E-state index in [4.69, 9.17) is 6.42 Å². The fourth-order valence-electron chi connectivity index (χ4n) is 2.09. The van der Waals surface area contributed by atoms with E-state index < -0.39 is 0 Å². The summed E-state index contributed by atoms with van der Waals surface area (Å²) in [6.07, 6.45) is 6.14. The second-order valence-electron chi connectivity index (χ2n) is 4.12. The van der Waals surface area contributed by atoms with Gasteiger partial charge in [0.2, 0.25) is 0 Å². The standard InChI is InChI=1S/C14H18N2/c1-2-3-9-15-10-12-16(13-11-15)14-7-5-4-6-8-14/h1,4-8H,3,9-13H2. The Hall–Kier alpha value is -1.46. The van der Waals surface area contributed by atoms with Crippen molar-refractivity contribution in [3.8, 4) is 12.3 Å². The first-order valence-electron chi connectivity index (χ1n) is 5.86. The van der Waals surface area contributed by atoms with E-state index in [0.29, 0.717) is 0 Å². The van der Waals surface area contributed by atoms with E-state index in [2.05, 4.69) is 46.1 Å². The van der Waals surface area contributed by atoms with Gasteiger partial charge in [0.15, 0.2) is 0 Å². The summed E-state index contributed by atoms with van der Waals surface area (Å²) in [5.41, 5.74) is 1.33. The zero-order valence-corrected chi connectivity index (χ0v) is 9.60. The minimum absolute atomic E-state index is 0.866. The first-order chi connectivity index (χ1) is 7.90. The van der Waals surface area contributed by atoms with Crippen molar-refractivity contribution in [2.45, 2.75) is 6.42 Å². The fourth-order valence-corrected chi connectivity index (χ4v) is 2.09. The Balaban J connectivity index is 1.84. The minimum Gasteiger partial charge on any atom is -0.369 e. The smallest absolute Gasteiger partial charge is 0.0367 e. The van der Waals surface area contributed by atoms with E-state index in [1.807, 2.05) is 0 Å². The zero-order valence-electron chi connectivity index (χ0n) is 9.60. The van der Waals surface area contributed by atoms with E-state index in [1.165, 1.54) is 5.69 Å². The zero-order chi connectivity index (χ0) is 11.2. The topological polar surface area (TPSA) is 6.48 Å². The number of para-hydroxylation sites is 1. The normalized spacial score (nSPS) is 17.1. The molecular weight excluding hydrogens is 196 g/mol. The highest BCUT2D eigenvalue weighted by Crippen LogP contribution is 2.15. The van der Waals surface area contributed by atoms with E-state index in [0.717, 1.165) is 39.1 Å². The molecule has 1 saturated heterocycles. The molecule has 0 unspecified atom stereocenters. The van der Waals surface area contributed by atoms with Crippen LogP contribution in [0.25, 0.3) is 0 Å². The van der Waals surface area contributed by atoms with Gasteiger partial charge in [-0.1, -0.05) is 18.2 Å². The number of benzene rings is 1. The molecule has 2 nitrogen and oxygen atoms in total. The van der Waals surface area contributed by atoms with Crippen LogP contribution in [0.5, 0.6) is 0 Å². The van der Waals surface area contributed by atoms with Crippen LogP contribution in [-0.2, 0) is 0 Å². The summed E-state index contributed by atoms with van der Waals surface area (Å²) in [6, 6.07) is 10.6. The summed E-state index contributed by atoms with van der Waals surface area (Å²) in [7, 11) is 0. The minimum atomic E-state index is 0.866. The summed E-state index contributed by atoms with van der Waals surface area (Å²) in [4.78, 5) is 4.88. The molecule has 2 heteroatoms. The summed E-state index contributed by atoms with van der Waals surface area (Å²) in [6.45, 7) is 5.50. The Kier molecular flexibility index (Phi) is 3.85. The maximum atomic E-state index is 5.28. The molecule has 1 aromatic carbocycles. The summed E-state index contributed by atoms with van der Waals surface area (Å²) in [5, 5.41) is 0. The quantitative estimate of drug-likeness (QED) is 0.708. The van der Waals surface area contributed by atoms with Crippen LogP contribution in [-0.4, -0.2) is 37.6 Å². The molecule has 16 heavy (non-hydrogen) atoms. The SMILES string of the molecule is C#CCCN1CCN(c2ccccc2)CC1. The number of anilines is 1. The molecule has 1 heterocycles. The number of hydrogen-bond donors (Lipinski definition) is 0. The lowest BCUT2D eigenvalue weighted by Gasteiger charge is -2.35. The predicted octanol–water partition coefficient (Wildman–Crippen LogP) is 1.83. The average molecular weight is 214 g/mol. The van der Waals surface area contributed by atoms with Gasteiger partial charge < -0.3 is 4.90 Å². The number of hydrogen-bond acceptors (Lipinski definition) is 2. The van der Waals surface area contributed by atoms with Crippen molar-refractivity contribution >= 4 is 5.69 Å². The molecule has 0 aromatic heterocycles. The van der Waals surface area contributed by atoms with Gasteiger partial charge in [0.1, 0.15) is 0 Å². The highest BCUT2D eigenvalue weighted by Gasteiger charge is 2.15. The van der Waals surface area contributed by atoms with Gasteiger partial charge in [0.05, 0.1) is 0 Å². The Bertz CT molecular complexity index is 345. The van der Waals surface area contributed by atoms with Crippen LogP contribution in [0, 0.1) is 12.3 Å².